The maximum absolute atomic E-state index is 6.14. The molecule has 0 amide bonds. The van der Waals surface area contributed by atoms with Crippen LogP contribution in [0.1, 0.15) is 53.4 Å². The Balaban J connectivity index is 2.05. The van der Waals surface area contributed by atoms with Crippen molar-refractivity contribution in [3.05, 3.63) is 0 Å². The highest BCUT2D eigenvalue weighted by atomic mass is 16.5. The first-order valence-electron chi connectivity index (χ1n) is 6.50. The summed E-state index contributed by atoms with van der Waals surface area (Å²) in [7, 11) is 0. The smallest absolute Gasteiger partial charge is 0.0678 e. The molecule has 2 aliphatic rings. The van der Waals surface area contributed by atoms with Crippen LogP contribution in [0, 0.1) is 11.8 Å². The van der Waals surface area contributed by atoms with Crippen molar-refractivity contribution in [3.8, 4) is 0 Å². The summed E-state index contributed by atoms with van der Waals surface area (Å²) in [5.74, 6) is 7.16. The molecule has 1 aliphatic carbocycles. The van der Waals surface area contributed by atoms with E-state index in [9.17, 15) is 0 Å². The average Bonchev–Trinajstić information content (AvgIpc) is 2.89. The van der Waals surface area contributed by atoms with E-state index < -0.39 is 0 Å². The molecule has 2 atom stereocenters. The van der Waals surface area contributed by atoms with E-state index in [0.717, 1.165) is 12.3 Å². The molecule has 16 heavy (non-hydrogen) atoms. The van der Waals surface area contributed by atoms with Crippen LogP contribution >= 0.6 is 0 Å². The Morgan fingerprint density at radius 1 is 1.31 bits per heavy atom. The van der Waals surface area contributed by atoms with Crippen molar-refractivity contribution < 1.29 is 4.74 Å². The highest BCUT2D eigenvalue weighted by molar-refractivity contribution is 5.00. The van der Waals surface area contributed by atoms with Crippen molar-refractivity contribution in [1.82, 2.24) is 5.43 Å². The van der Waals surface area contributed by atoms with E-state index in [4.69, 9.17) is 10.6 Å². The summed E-state index contributed by atoms with van der Waals surface area (Å²) < 4.78 is 6.14. The zero-order chi connectivity index (χ0) is 12.0. The Kier molecular flexibility index (Phi) is 3.06. The van der Waals surface area contributed by atoms with Gasteiger partial charge in [0.25, 0.3) is 0 Å². The number of hydrazine groups is 1. The first-order chi connectivity index (χ1) is 7.34. The van der Waals surface area contributed by atoms with Gasteiger partial charge in [-0.15, -0.1) is 0 Å². The van der Waals surface area contributed by atoms with Crippen LogP contribution < -0.4 is 11.3 Å². The molecule has 0 bridgehead atoms. The van der Waals surface area contributed by atoms with E-state index in [0.29, 0.717) is 12.0 Å². The standard InChI is InChI=1S/C13H26N2O/c1-12(2)8-10(13(3,4)16-12)11(15-14)7-9-5-6-9/h9-11,15H,5-8,14H2,1-4H3. The topological polar surface area (TPSA) is 47.3 Å². The lowest BCUT2D eigenvalue weighted by atomic mass is 9.80. The molecular weight excluding hydrogens is 200 g/mol. The minimum Gasteiger partial charge on any atom is -0.369 e. The fourth-order valence-electron chi connectivity index (χ4n) is 3.29. The van der Waals surface area contributed by atoms with Crippen molar-refractivity contribution >= 4 is 0 Å². The van der Waals surface area contributed by atoms with Gasteiger partial charge in [-0.1, -0.05) is 12.8 Å². The van der Waals surface area contributed by atoms with Crippen LogP contribution in [0.5, 0.6) is 0 Å². The van der Waals surface area contributed by atoms with Gasteiger partial charge in [-0.2, -0.15) is 0 Å². The zero-order valence-corrected chi connectivity index (χ0v) is 11.0. The molecule has 0 aromatic heterocycles. The molecule has 94 valence electrons. The minimum atomic E-state index is -0.0601. The lowest BCUT2D eigenvalue weighted by Crippen LogP contribution is -2.47. The van der Waals surface area contributed by atoms with Crippen LogP contribution in [0.15, 0.2) is 0 Å². The van der Waals surface area contributed by atoms with Gasteiger partial charge in [0.05, 0.1) is 11.2 Å². The number of hydrogen-bond donors (Lipinski definition) is 2. The second-order valence-corrected chi connectivity index (χ2v) is 6.73. The number of nitrogens with two attached hydrogens (primary N) is 1. The van der Waals surface area contributed by atoms with Gasteiger partial charge >= 0.3 is 0 Å². The van der Waals surface area contributed by atoms with Gasteiger partial charge in [-0.25, -0.2) is 0 Å². The van der Waals surface area contributed by atoms with Gasteiger partial charge in [-0.3, -0.25) is 11.3 Å². The quantitative estimate of drug-likeness (QED) is 0.571. The Hall–Kier alpha value is -0.120. The lowest BCUT2D eigenvalue weighted by molar-refractivity contribution is -0.0780. The largest absolute Gasteiger partial charge is 0.369 e. The Bertz CT molecular complexity index is 259. The van der Waals surface area contributed by atoms with Gasteiger partial charge in [0, 0.05) is 12.0 Å². The van der Waals surface area contributed by atoms with Crippen LogP contribution in [0.2, 0.25) is 0 Å². The third-order valence-electron chi connectivity index (χ3n) is 4.13. The van der Waals surface area contributed by atoms with Gasteiger partial charge in [0.1, 0.15) is 0 Å². The zero-order valence-electron chi connectivity index (χ0n) is 11.0. The fraction of sp³-hybridized carbons (Fsp3) is 1.00. The maximum atomic E-state index is 6.14. The van der Waals surface area contributed by atoms with Crippen LogP contribution in [-0.2, 0) is 4.74 Å². The number of rotatable bonds is 4. The van der Waals surface area contributed by atoms with E-state index in [2.05, 4.69) is 33.1 Å². The summed E-state index contributed by atoms with van der Waals surface area (Å²) >= 11 is 0. The first kappa shape index (κ1) is 12.3. The van der Waals surface area contributed by atoms with Crippen molar-refractivity contribution in [1.29, 1.82) is 0 Å². The predicted molar refractivity (Wildman–Crippen MR) is 65.8 cm³/mol. The van der Waals surface area contributed by atoms with Gasteiger partial charge in [-0.05, 0) is 46.5 Å². The van der Waals surface area contributed by atoms with E-state index in [1.807, 2.05) is 0 Å². The average molecular weight is 226 g/mol. The molecule has 1 aliphatic heterocycles. The molecule has 0 radical (unpaired) electrons. The molecule has 2 fully saturated rings. The van der Waals surface area contributed by atoms with Crippen LogP contribution in [0.4, 0.5) is 0 Å². The molecule has 1 saturated carbocycles. The summed E-state index contributed by atoms with van der Waals surface area (Å²) in [6.45, 7) is 8.76. The minimum absolute atomic E-state index is 0.00713. The molecule has 3 N–H and O–H groups in total. The highest BCUT2D eigenvalue weighted by Gasteiger charge is 2.49. The third kappa shape index (κ3) is 2.58. The summed E-state index contributed by atoms with van der Waals surface area (Å²) in [5, 5.41) is 0. The Labute approximate surface area is 99.1 Å². The first-order valence-corrected chi connectivity index (χ1v) is 6.50. The van der Waals surface area contributed by atoms with Gasteiger partial charge < -0.3 is 4.74 Å². The fourth-order valence-corrected chi connectivity index (χ4v) is 3.29. The molecule has 1 saturated heterocycles. The maximum Gasteiger partial charge on any atom is 0.0678 e. The molecular formula is C13H26N2O. The second-order valence-electron chi connectivity index (χ2n) is 6.73. The van der Waals surface area contributed by atoms with Crippen molar-refractivity contribution in [2.24, 2.45) is 17.7 Å². The number of hydrogen-bond acceptors (Lipinski definition) is 3. The van der Waals surface area contributed by atoms with Gasteiger partial charge in [0.2, 0.25) is 0 Å². The summed E-state index contributed by atoms with van der Waals surface area (Å²) in [6.07, 6.45) is 5.08. The van der Waals surface area contributed by atoms with E-state index in [1.165, 1.54) is 19.3 Å². The summed E-state index contributed by atoms with van der Waals surface area (Å²) in [5.41, 5.74) is 2.96. The van der Waals surface area contributed by atoms with E-state index in [1.54, 1.807) is 0 Å². The van der Waals surface area contributed by atoms with Crippen LogP contribution in [0.3, 0.4) is 0 Å². The van der Waals surface area contributed by atoms with Crippen molar-refractivity contribution in [3.63, 3.8) is 0 Å². The third-order valence-corrected chi connectivity index (χ3v) is 4.13. The molecule has 3 nitrogen and oxygen atoms in total. The monoisotopic (exact) mass is 226 g/mol. The number of nitrogens with one attached hydrogen (secondary N) is 1. The lowest BCUT2D eigenvalue weighted by Gasteiger charge is -2.32. The van der Waals surface area contributed by atoms with Crippen LogP contribution in [-0.4, -0.2) is 17.2 Å². The molecule has 2 unspecified atom stereocenters. The highest BCUT2D eigenvalue weighted by Crippen LogP contribution is 2.46. The molecule has 1 heterocycles. The summed E-state index contributed by atoms with van der Waals surface area (Å²) in [6, 6.07) is 0.407. The molecule has 0 spiro atoms. The number of ether oxygens (including phenoxy) is 1. The molecule has 0 aromatic carbocycles. The summed E-state index contributed by atoms with van der Waals surface area (Å²) in [4.78, 5) is 0. The molecule has 0 aromatic rings. The van der Waals surface area contributed by atoms with E-state index >= 15 is 0 Å². The van der Waals surface area contributed by atoms with Gasteiger partial charge in [0.15, 0.2) is 0 Å². The van der Waals surface area contributed by atoms with E-state index in [-0.39, 0.29) is 11.2 Å². The SMILES string of the molecule is CC1(C)CC(C(CC2CC2)NN)C(C)(C)O1. The van der Waals surface area contributed by atoms with Crippen molar-refractivity contribution in [2.45, 2.75) is 70.6 Å². The molecule has 3 heteroatoms. The van der Waals surface area contributed by atoms with Crippen molar-refractivity contribution in [2.75, 3.05) is 0 Å². The van der Waals surface area contributed by atoms with Crippen LogP contribution in [0.25, 0.3) is 0 Å². The second kappa shape index (κ2) is 3.97. The normalized spacial score (nSPS) is 33.9. The molecule has 2 rings (SSSR count). The predicted octanol–water partition coefficient (Wildman–Crippen LogP) is 2.21. The Morgan fingerprint density at radius 3 is 2.31 bits per heavy atom. The Morgan fingerprint density at radius 2 is 1.94 bits per heavy atom.